The molecule has 1 aromatic heterocycles. The van der Waals surface area contributed by atoms with Gasteiger partial charge in [0.05, 0.1) is 31.4 Å². The molecule has 0 N–H and O–H groups in total. The number of sulfonamides is 1. The van der Waals surface area contributed by atoms with Crippen molar-refractivity contribution in [1.82, 2.24) is 18.0 Å². The van der Waals surface area contributed by atoms with Gasteiger partial charge in [0.1, 0.15) is 27.4 Å². The molecule has 2 aromatic carbocycles. The van der Waals surface area contributed by atoms with E-state index in [4.69, 9.17) is 9.47 Å². The molecular formula is C21H24N4O5S2. The van der Waals surface area contributed by atoms with E-state index in [1.165, 1.54) is 4.31 Å². The van der Waals surface area contributed by atoms with Gasteiger partial charge in [0, 0.05) is 26.2 Å². The van der Waals surface area contributed by atoms with Crippen LogP contribution in [0.3, 0.4) is 0 Å². The van der Waals surface area contributed by atoms with Crippen LogP contribution in [0.2, 0.25) is 0 Å². The van der Waals surface area contributed by atoms with Crippen LogP contribution in [0.4, 0.5) is 0 Å². The SMILES string of the molecule is CCOc1ccc(OCCC(=O)N2CCN(S(=O)(=O)c3cccc4nsnc34)CC2)cc1. The van der Waals surface area contributed by atoms with Gasteiger partial charge in [-0.25, -0.2) is 8.42 Å². The van der Waals surface area contributed by atoms with Gasteiger partial charge in [-0.3, -0.25) is 4.79 Å². The van der Waals surface area contributed by atoms with Crippen molar-refractivity contribution in [2.45, 2.75) is 18.2 Å². The van der Waals surface area contributed by atoms with Gasteiger partial charge in [0.25, 0.3) is 0 Å². The minimum absolute atomic E-state index is 0.0567. The predicted molar refractivity (Wildman–Crippen MR) is 120 cm³/mol. The van der Waals surface area contributed by atoms with Crippen molar-refractivity contribution in [3.8, 4) is 11.5 Å². The van der Waals surface area contributed by atoms with Crippen molar-refractivity contribution in [2.24, 2.45) is 0 Å². The Morgan fingerprint density at radius 2 is 1.69 bits per heavy atom. The molecule has 9 nitrogen and oxygen atoms in total. The third-order valence-electron chi connectivity index (χ3n) is 5.18. The number of nitrogens with zero attached hydrogens (tertiary/aromatic N) is 4. The summed E-state index contributed by atoms with van der Waals surface area (Å²) in [6, 6.07) is 12.2. The van der Waals surface area contributed by atoms with Crippen molar-refractivity contribution >= 4 is 38.7 Å². The number of carbonyl (C=O) groups is 1. The fourth-order valence-corrected chi connectivity index (χ4v) is 5.69. The van der Waals surface area contributed by atoms with E-state index in [1.54, 1.807) is 35.2 Å². The standard InChI is InChI=1S/C21H24N4O5S2/c1-2-29-16-6-8-17(9-7-16)30-15-10-20(26)24-11-13-25(14-12-24)32(27,28)19-5-3-4-18-21(19)23-31-22-18/h3-9H,2,10-15H2,1H3. The Balaban J connectivity index is 1.28. The molecule has 170 valence electrons. The lowest BCUT2D eigenvalue weighted by Crippen LogP contribution is -2.50. The highest BCUT2D eigenvalue weighted by Gasteiger charge is 2.31. The first kappa shape index (κ1) is 22.4. The lowest BCUT2D eigenvalue weighted by Gasteiger charge is -2.34. The summed E-state index contributed by atoms with van der Waals surface area (Å²) in [7, 11) is -3.70. The van der Waals surface area contributed by atoms with Gasteiger partial charge in [-0.05, 0) is 43.3 Å². The van der Waals surface area contributed by atoms with Crippen LogP contribution >= 0.6 is 11.7 Å². The Bertz CT molecular complexity index is 1170. The summed E-state index contributed by atoms with van der Waals surface area (Å²) in [4.78, 5) is 14.4. The minimum atomic E-state index is -3.70. The normalized spacial score (nSPS) is 15.1. The molecule has 0 bridgehead atoms. The van der Waals surface area contributed by atoms with Crippen LogP contribution in [-0.2, 0) is 14.8 Å². The first-order valence-electron chi connectivity index (χ1n) is 10.3. The average Bonchev–Trinajstić information content (AvgIpc) is 3.29. The maximum Gasteiger partial charge on any atom is 0.245 e. The number of fused-ring (bicyclic) bond motifs is 1. The van der Waals surface area contributed by atoms with Gasteiger partial charge >= 0.3 is 0 Å². The molecule has 3 aromatic rings. The fourth-order valence-electron chi connectivity index (χ4n) is 3.52. The molecule has 1 aliphatic heterocycles. The van der Waals surface area contributed by atoms with Crippen LogP contribution in [0.5, 0.6) is 11.5 Å². The van der Waals surface area contributed by atoms with Crippen LogP contribution in [-0.4, -0.2) is 71.7 Å². The van der Waals surface area contributed by atoms with Crippen molar-refractivity contribution in [1.29, 1.82) is 0 Å². The molecule has 1 saturated heterocycles. The second-order valence-electron chi connectivity index (χ2n) is 7.18. The Hall–Kier alpha value is -2.76. The molecule has 1 aliphatic rings. The second-order valence-corrected chi connectivity index (χ2v) is 9.61. The summed E-state index contributed by atoms with van der Waals surface area (Å²) in [6.07, 6.45) is 0.226. The smallest absolute Gasteiger partial charge is 0.245 e. The number of hydrogen-bond acceptors (Lipinski definition) is 8. The van der Waals surface area contributed by atoms with Gasteiger partial charge in [-0.1, -0.05) is 6.07 Å². The van der Waals surface area contributed by atoms with Crippen LogP contribution in [0.1, 0.15) is 13.3 Å². The van der Waals surface area contributed by atoms with Gasteiger partial charge in [0.15, 0.2) is 0 Å². The highest BCUT2D eigenvalue weighted by molar-refractivity contribution is 7.89. The zero-order valence-corrected chi connectivity index (χ0v) is 19.3. The number of rotatable bonds is 8. The predicted octanol–water partition coefficient (Wildman–Crippen LogP) is 2.39. The summed E-state index contributed by atoms with van der Waals surface area (Å²) in [5.41, 5.74) is 0.958. The quantitative estimate of drug-likeness (QED) is 0.492. The number of amides is 1. The van der Waals surface area contributed by atoms with Gasteiger partial charge < -0.3 is 14.4 Å². The highest BCUT2D eigenvalue weighted by Crippen LogP contribution is 2.25. The monoisotopic (exact) mass is 476 g/mol. The van der Waals surface area contributed by atoms with Crippen molar-refractivity contribution in [3.05, 3.63) is 42.5 Å². The second kappa shape index (κ2) is 9.80. The Kier molecular flexibility index (Phi) is 6.87. The molecule has 11 heteroatoms. The van der Waals surface area contributed by atoms with E-state index in [-0.39, 0.29) is 36.9 Å². The summed E-state index contributed by atoms with van der Waals surface area (Å²) in [5, 5.41) is 0. The Morgan fingerprint density at radius 1 is 1.00 bits per heavy atom. The molecule has 0 aliphatic carbocycles. The number of hydrogen-bond donors (Lipinski definition) is 0. The third kappa shape index (κ3) is 4.84. The maximum atomic E-state index is 13.1. The number of carbonyl (C=O) groups excluding carboxylic acids is 1. The molecule has 0 saturated carbocycles. The molecule has 2 heterocycles. The minimum Gasteiger partial charge on any atom is -0.494 e. The number of ether oxygens (including phenoxy) is 2. The summed E-state index contributed by atoms with van der Waals surface area (Å²) < 4.78 is 46.9. The zero-order chi connectivity index (χ0) is 22.6. The van der Waals surface area contributed by atoms with E-state index in [9.17, 15) is 13.2 Å². The van der Waals surface area contributed by atoms with Crippen molar-refractivity contribution in [3.63, 3.8) is 0 Å². The first-order valence-corrected chi connectivity index (χ1v) is 12.5. The average molecular weight is 477 g/mol. The molecule has 0 spiro atoms. The molecular weight excluding hydrogens is 452 g/mol. The van der Waals surface area contributed by atoms with E-state index in [1.807, 2.05) is 19.1 Å². The summed E-state index contributed by atoms with van der Waals surface area (Å²) >= 11 is 0.989. The van der Waals surface area contributed by atoms with Gasteiger partial charge in [-0.15, -0.1) is 0 Å². The molecule has 1 amide bonds. The summed E-state index contributed by atoms with van der Waals surface area (Å²) in [6.45, 7) is 3.93. The van der Waals surface area contributed by atoms with Crippen LogP contribution < -0.4 is 9.47 Å². The number of piperazine rings is 1. The van der Waals surface area contributed by atoms with E-state index >= 15 is 0 Å². The topological polar surface area (TPSA) is 102 Å². The molecule has 4 rings (SSSR count). The van der Waals surface area contributed by atoms with Gasteiger partial charge in [-0.2, -0.15) is 13.1 Å². The van der Waals surface area contributed by atoms with Crippen LogP contribution in [0, 0.1) is 0 Å². The first-order chi connectivity index (χ1) is 15.5. The van der Waals surface area contributed by atoms with Crippen LogP contribution in [0.15, 0.2) is 47.4 Å². The van der Waals surface area contributed by atoms with Crippen molar-refractivity contribution in [2.75, 3.05) is 39.4 Å². The number of aromatic nitrogens is 2. The zero-order valence-electron chi connectivity index (χ0n) is 17.6. The van der Waals surface area contributed by atoms with Crippen molar-refractivity contribution < 1.29 is 22.7 Å². The Morgan fingerprint density at radius 3 is 2.38 bits per heavy atom. The molecule has 1 fully saturated rings. The summed E-state index contributed by atoms with van der Waals surface area (Å²) in [5.74, 6) is 1.38. The fraction of sp³-hybridized carbons (Fsp3) is 0.381. The number of benzene rings is 2. The lowest BCUT2D eigenvalue weighted by atomic mass is 10.3. The Labute approximate surface area is 190 Å². The molecule has 0 radical (unpaired) electrons. The molecule has 0 atom stereocenters. The van der Waals surface area contributed by atoms with Crippen LogP contribution in [0.25, 0.3) is 11.0 Å². The van der Waals surface area contributed by atoms with E-state index < -0.39 is 10.0 Å². The maximum absolute atomic E-state index is 13.1. The highest BCUT2D eigenvalue weighted by atomic mass is 32.2. The lowest BCUT2D eigenvalue weighted by molar-refractivity contribution is -0.132. The van der Waals surface area contributed by atoms with E-state index in [0.717, 1.165) is 17.5 Å². The third-order valence-corrected chi connectivity index (χ3v) is 7.65. The molecule has 0 unspecified atom stereocenters. The van der Waals surface area contributed by atoms with Gasteiger partial charge in [0.2, 0.25) is 15.9 Å². The largest absolute Gasteiger partial charge is 0.494 e. The van der Waals surface area contributed by atoms with E-state index in [2.05, 4.69) is 8.75 Å². The molecule has 32 heavy (non-hydrogen) atoms. The van der Waals surface area contributed by atoms with E-state index in [0.29, 0.717) is 36.5 Å².